The van der Waals surface area contributed by atoms with Crippen molar-refractivity contribution in [3.05, 3.63) is 64.7 Å². The molecule has 39 heavy (non-hydrogen) atoms. The van der Waals surface area contributed by atoms with E-state index in [0.717, 1.165) is 42.8 Å². The summed E-state index contributed by atoms with van der Waals surface area (Å²) in [5, 5.41) is 11.5. The number of likely N-dealkylation sites (tertiary alicyclic amines) is 1. The fourth-order valence-corrected chi connectivity index (χ4v) is 4.73. The summed E-state index contributed by atoms with van der Waals surface area (Å²) in [4.78, 5) is 30.5. The molecule has 0 aromatic heterocycles. The van der Waals surface area contributed by atoms with Gasteiger partial charge in [-0.05, 0) is 73.8 Å². The summed E-state index contributed by atoms with van der Waals surface area (Å²) < 4.78 is 11.7. The van der Waals surface area contributed by atoms with Crippen molar-refractivity contribution >= 4 is 17.4 Å². The van der Waals surface area contributed by atoms with E-state index in [4.69, 9.17) is 9.47 Å². The molecule has 7 heteroatoms. The fraction of sp³-hybridized carbons (Fsp3) is 0.500. The van der Waals surface area contributed by atoms with E-state index in [1.165, 1.54) is 0 Å². The van der Waals surface area contributed by atoms with Gasteiger partial charge in [0.15, 0.2) is 0 Å². The Labute approximate surface area is 233 Å². The SMILES string of the molecule is CCCCOc1ccc(C2/C(=C(\O)c3ccc(OCC(C)C)cc3C)C(=O)C(=O)N2CCN(CC)CC)cc1. The molecule has 0 saturated carbocycles. The Morgan fingerprint density at radius 2 is 1.67 bits per heavy atom. The van der Waals surface area contributed by atoms with E-state index in [0.29, 0.717) is 43.5 Å². The van der Waals surface area contributed by atoms with Gasteiger partial charge in [-0.2, -0.15) is 0 Å². The molecule has 3 rings (SSSR count). The maximum absolute atomic E-state index is 13.4. The van der Waals surface area contributed by atoms with Crippen LogP contribution in [0.15, 0.2) is 48.0 Å². The average Bonchev–Trinajstić information content (AvgIpc) is 3.17. The number of benzene rings is 2. The van der Waals surface area contributed by atoms with Crippen LogP contribution in [0.2, 0.25) is 0 Å². The maximum atomic E-state index is 13.4. The van der Waals surface area contributed by atoms with E-state index >= 15 is 0 Å². The first-order valence-electron chi connectivity index (χ1n) is 14.2. The van der Waals surface area contributed by atoms with E-state index in [1.807, 2.05) is 37.3 Å². The highest BCUT2D eigenvalue weighted by molar-refractivity contribution is 6.46. The minimum Gasteiger partial charge on any atom is -0.507 e. The number of carbonyl (C=O) groups excluding carboxylic acids is 2. The monoisotopic (exact) mass is 536 g/mol. The summed E-state index contributed by atoms with van der Waals surface area (Å²) in [6.45, 7) is 16.2. The third-order valence-corrected chi connectivity index (χ3v) is 7.09. The van der Waals surface area contributed by atoms with Gasteiger partial charge in [0.05, 0.1) is 24.8 Å². The maximum Gasteiger partial charge on any atom is 0.295 e. The lowest BCUT2D eigenvalue weighted by Crippen LogP contribution is -2.38. The van der Waals surface area contributed by atoms with Crippen molar-refractivity contribution in [1.82, 2.24) is 9.80 Å². The highest BCUT2D eigenvalue weighted by Gasteiger charge is 2.46. The van der Waals surface area contributed by atoms with Crippen LogP contribution in [-0.2, 0) is 9.59 Å². The fourth-order valence-electron chi connectivity index (χ4n) is 4.73. The number of ether oxygens (including phenoxy) is 2. The molecule has 0 radical (unpaired) electrons. The Balaban J connectivity index is 2.02. The van der Waals surface area contributed by atoms with Crippen LogP contribution in [0.4, 0.5) is 0 Å². The van der Waals surface area contributed by atoms with Gasteiger partial charge in [-0.3, -0.25) is 9.59 Å². The summed E-state index contributed by atoms with van der Waals surface area (Å²) in [5.74, 6) is 0.396. The Bertz CT molecular complexity index is 1150. The molecule has 2 aromatic rings. The predicted molar refractivity (Wildman–Crippen MR) is 155 cm³/mol. The lowest BCUT2D eigenvalue weighted by Gasteiger charge is -2.28. The topological polar surface area (TPSA) is 79.3 Å². The highest BCUT2D eigenvalue weighted by Crippen LogP contribution is 2.40. The van der Waals surface area contributed by atoms with Crippen LogP contribution in [0.1, 0.15) is 70.2 Å². The zero-order chi connectivity index (χ0) is 28.5. The van der Waals surface area contributed by atoms with Gasteiger partial charge >= 0.3 is 0 Å². The van der Waals surface area contributed by atoms with Crippen LogP contribution in [0.25, 0.3) is 5.76 Å². The molecule has 0 bridgehead atoms. The number of aliphatic hydroxyl groups excluding tert-OH is 1. The summed E-state index contributed by atoms with van der Waals surface area (Å²) in [7, 11) is 0. The standard InChI is InChI=1S/C32H44N2O5/c1-7-10-19-38-25-13-11-24(12-14-25)29-28(31(36)32(37)34(29)18-17-33(8-2)9-3)30(35)27-16-15-26(20-23(27)6)39-21-22(4)5/h11-16,20,22,29,35H,7-10,17-19,21H2,1-6H3/b30-28+. The Morgan fingerprint density at radius 3 is 2.26 bits per heavy atom. The van der Waals surface area contributed by atoms with Crippen molar-refractivity contribution in [2.45, 2.75) is 60.4 Å². The zero-order valence-electron chi connectivity index (χ0n) is 24.3. The van der Waals surface area contributed by atoms with Crippen LogP contribution < -0.4 is 9.47 Å². The van der Waals surface area contributed by atoms with Crippen molar-refractivity contribution in [1.29, 1.82) is 0 Å². The highest BCUT2D eigenvalue weighted by atomic mass is 16.5. The molecule has 1 atom stereocenters. The summed E-state index contributed by atoms with van der Waals surface area (Å²) in [6.07, 6.45) is 2.01. The van der Waals surface area contributed by atoms with E-state index in [9.17, 15) is 14.7 Å². The summed E-state index contributed by atoms with van der Waals surface area (Å²) in [5.41, 5.74) is 2.14. The molecule has 7 nitrogen and oxygen atoms in total. The van der Waals surface area contributed by atoms with Gasteiger partial charge in [0.1, 0.15) is 17.3 Å². The normalized spacial score (nSPS) is 16.9. The second kappa shape index (κ2) is 14.2. The number of likely N-dealkylation sites (N-methyl/N-ethyl adjacent to an activating group) is 1. The second-order valence-corrected chi connectivity index (χ2v) is 10.5. The molecular formula is C32H44N2O5. The lowest BCUT2D eigenvalue weighted by molar-refractivity contribution is -0.140. The molecule has 1 amide bonds. The van der Waals surface area contributed by atoms with E-state index < -0.39 is 17.7 Å². The largest absolute Gasteiger partial charge is 0.507 e. The number of hydrogen-bond acceptors (Lipinski definition) is 6. The molecular weight excluding hydrogens is 492 g/mol. The van der Waals surface area contributed by atoms with Crippen LogP contribution in [0, 0.1) is 12.8 Å². The Kier molecular flexibility index (Phi) is 11.0. The van der Waals surface area contributed by atoms with Crippen molar-refractivity contribution in [3.8, 4) is 11.5 Å². The molecule has 1 unspecified atom stereocenters. The molecule has 1 aliphatic heterocycles. The number of aliphatic hydroxyl groups is 1. The Morgan fingerprint density at radius 1 is 1.00 bits per heavy atom. The molecule has 2 aromatic carbocycles. The molecule has 0 spiro atoms. The van der Waals surface area contributed by atoms with Crippen molar-refractivity contribution in [3.63, 3.8) is 0 Å². The minimum atomic E-state index is -0.693. The van der Waals surface area contributed by atoms with Crippen LogP contribution in [0.3, 0.4) is 0 Å². The molecule has 1 N–H and O–H groups in total. The van der Waals surface area contributed by atoms with Crippen molar-refractivity contribution < 1.29 is 24.2 Å². The number of amides is 1. The van der Waals surface area contributed by atoms with E-state index in [2.05, 4.69) is 39.5 Å². The zero-order valence-corrected chi connectivity index (χ0v) is 24.3. The predicted octanol–water partition coefficient (Wildman–Crippen LogP) is 5.97. The number of ketones is 1. The molecule has 1 fully saturated rings. The second-order valence-electron chi connectivity index (χ2n) is 10.5. The van der Waals surface area contributed by atoms with Crippen LogP contribution in [0.5, 0.6) is 11.5 Å². The number of rotatable bonds is 14. The van der Waals surface area contributed by atoms with Gasteiger partial charge in [-0.15, -0.1) is 0 Å². The third kappa shape index (κ3) is 7.41. The van der Waals surface area contributed by atoms with Crippen molar-refractivity contribution in [2.75, 3.05) is 39.4 Å². The van der Waals surface area contributed by atoms with Crippen LogP contribution >= 0.6 is 0 Å². The number of Topliss-reactive ketones (excluding diaryl/α,β-unsaturated/α-hetero) is 1. The van der Waals surface area contributed by atoms with Crippen LogP contribution in [-0.4, -0.2) is 66.0 Å². The molecule has 1 saturated heterocycles. The summed E-state index contributed by atoms with van der Waals surface area (Å²) >= 11 is 0. The van der Waals surface area contributed by atoms with E-state index in [1.54, 1.807) is 17.0 Å². The van der Waals surface area contributed by atoms with Gasteiger partial charge < -0.3 is 24.4 Å². The van der Waals surface area contributed by atoms with E-state index in [-0.39, 0.29) is 11.3 Å². The van der Waals surface area contributed by atoms with Crippen molar-refractivity contribution in [2.24, 2.45) is 5.92 Å². The molecule has 0 aliphatic carbocycles. The average molecular weight is 537 g/mol. The Hall–Kier alpha value is -3.32. The first-order valence-corrected chi connectivity index (χ1v) is 14.2. The first-order chi connectivity index (χ1) is 18.7. The minimum absolute atomic E-state index is 0.109. The molecule has 212 valence electrons. The summed E-state index contributed by atoms with van der Waals surface area (Å²) in [6, 6.07) is 12.2. The number of nitrogens with zero attached hydrogens (tertiary/aromatic N) is 2. The number of carbonyl (C=O) groups is 2. The number of aryl methyl sites for hydroxylation is 1. The van der Waals surface area contributed by atoms with Gasteiger partial charge in [-0.1, -0.05) is 53.2 Å². The number of hydrogen-bond donors (Lipinski definition) is 1. The lowest BCUT2D eigenvalue weighted by atomic mass is 9.94. The molecule has 1 heterocycles. The van der Waals surface area contributed by atoms with Gasteiger partial charge in [-0.25, -0.2) is 0 Å². The van der Waals surface area contributed by atoms with Gasteiger partial charge in [0, 0.05) is 18.7 Å². The molecule has 1 aliphatic rings. The smallest absolute Gasteiger partial charge is 0.295 e. The quantitative estimate of drug-likeness (QED) is 0.139. The first kappa shape index (κ1) is 30.2. The van der Waals surface area contributed by atoms with Gasteiger partial charge in [0.2, 0.25) is 0 Å². The third-order valence-electron chi connectivity index (χ3n) is 7.09. The number of unbranched alkanes of at least 4 members (excludes halogenated alkanes) is 1. The van der Waals surface area contributed by atoms with Gasteiger partial charge in [0.25, 0.3) is 11.7 Å².